The molecule has 0 aromatic rings. The van der Waals surface area contributed by atoms with Gasteiger partial charge in [0, 0.05) is 0 Å². The number of ether oxygens (including phenoxy) is 1. The summed E-state index contributed by atoms with van der Waals surface area (Å²) in [6, 6.07) is 0. The van der Waals surface area contributed by atoms with Crippen LogP contribution in [0.2, 0.25) is 0 Å². The maximum atomic E-state index is 11.6. The van der Waals surface area contributed by atoms with Gasteiger partial charge < -0.3 is 4.74 Å². The van der Waals surface area contributed by atoms with E-state index in [1.54, 1.807) is 6.08 Å². The van der Waals surface area contributed by atoms with E-state index in [4.69, 9.17) is 4.74 Å². The average Bonchev–Trinajstić information content (AvgIpc) is 2.24. The standard InChI is InChI=1S/C12H22O2/c1-6-10(5)11(13)14-12(7-2,8-3)9-4/h7,10H,2,6,8-9H2,1,3-5H3. The lowest BCUT2D eigenvalue weighted by Crippen LogP contribution is -2.33. The summed E-state index contributed by atoms with van der Waals surface area (Å²) in [5.41, 5.74) is -0.458. The van der Waals surface area contributed by atoms with E-state index in [1.165, 1.54) is 0 Å². The Balaban J connectivity index is 4.44. The Morgan fingerprint density at radius 3 is 2.21 bits per heavy atom. The first kappa shape index (κ1) is 13.2. The quantitative estimate of drug-likeness (QED) is 0.483. The van der Waals surface area contributed by atoms with E-state index in [1.807, 2.05) is 27.7 Å². The molecule has 1 atom stereocenters. The Morgan fingerprint density at radius 2 is 1.93 bits per heavy atom. The minimum absolute atomic E-state index is 0.0209. The molecule has 0 heterocycles. The highest BCUT2D eigenvalue weighted by Gasteiger charge is 2.28. The van der Waals surface area contributed by atoms with Crippen molar-refractivity contribution in [2.45, 2.75) is 52.6 Å². The summed E-state index contributed by atoms with van der Waals surface area (Å²) < 4.78 is 5.48. The Morgan fingerprint density at radius 1 is 1.43 bits per heavy atom. The van der Waals surface area contributed by atoms with Gasteiger partial charge >= 0.3 is 5.97 Å². The van der Waals surface area contributed by atoms with Gasteiger partial charge in [-0.2, -0.15) is 0 Å². The molecule has 0 bridgehead atoms. The van der Waals surface area contributed by atoms with Gasteiger partial charge in [-0.15, -0.1) is 0 Å². The lowest BCUT2D eigenvalue weighted by atomic mass is 9.97. The minimum Gasteiger partial charge on any atom is -0.455 e. The first-order chi connectivity index (χ1) is 6.55. The molecule has 2 nitrogen and oxygen atoms in total. The molecule has 0 aliphatic heterocycles. The van der Waals surface area contributed by atoms with Crippen LogP contribution >= 0.6 is 0 Å². The molecule has 1 unspecified atom stereocenters. The molecule has 2 heteroatoms. The first-order valence-electron chi connectivity index (χ1n) is 5.41. The molecule has 0 aromatic carbocycles. The van der Waals surface area contributed by atoms with Gasteiger partial charge in [-0.05, 0) is 25.3 Å². The van der Waals surface area contributed by atoms with Crippen molar-refractivity contribution in [1.29, 1.82) is 0 Å². The maximum Gasteiger partial charge on any atom is 0.309 e. The third-order valence-corrected chi connectivity index (χ3v) is 2.89. The van der Waals surface area contributed by atoms with E-state index in [0.717, 1.165) is 19.3 Å². The number of hydrogen-bond acceptors (Lipinski definition) is 2. The molecule has 0 aliphatic carbocycles. The third kappa shape index (κ3) is 3.17. The topological polar surface area (TPSA) is 26.3 Å². The van der Waals surface area contributed by atoms with E-state index in [2.05, 4.69) is 6.58 Å². The zero-order valence-electron chi connectivity index (χ0n) is 9.80. The highest BCUT2D eigenvalue weighted by atomic mass is 16.6. The van der Waals surface area contributed by atoms with Crippen LogP contribution in [0.3, 0.4) is 0 Å². The summed E-state index contributed by atoms with van der Waals surface area (Å²) in [4.78, 5) is 11.6. The predicted octanol–water partition coefficient (Wildman–Crippen LogP) is 3.32. The third-order valence-electron chi connectivity index (χ3n) is 2.89. The van der Waals surface area contributed by atoms with Gasteiger partial charge in [-0.1, -0.05) is 34.3 Å². The summed E-state index contributed by atoms with van der Waals surface area (Å²) in [5, 5.41) is 0. The highest BCUT2D eigenvalue weighted by molar-refractivity contribution is 5.72. The van der Waals surface area contributed by atoms with E-state index < -0.39 is 5.60 Å². The molecule has 14 heavy (non-hydrogen) atoms. The van der Waals surface area contributed by atoms with Gasteiger partial charge in [0.05, 0.1) is 5.92 Å². The van der Waals surface area contributed by atoms with Gasteiger partial charge in [0.25, 0.3) is 0 Å². The van der Waals surface area contributed by atoms with Crippen molar-refractivity contribution in [1.82, 2.24) is 0 Å². The number of hydrogen-bond donors (Lipinski definition) is 0. The Hall–Kier alpha value is -0.790. The summed E-state index contributed by atoms with van der Waals surface area (Å²) in [5.74, 6) is -0.136. The zero-order chi connectivity index (χ0) is 11.2. The lowest BCUT2D eigenvalue weighted by Gasteiger charge is -2.29. The van der Waals surface area contributed by atoms with Crippen molar-refractivity contribution in [3.05, 3.63) is 12.7 Å². The van der Waals surface area contributed by atoms with E-state index in [-0.39, 0.29) is 11.9 Å². The zero-order valence-corrected chi connectivity index (χ0v) is 9.80. The van der Waals surface area contributed by atoms with Crippen LogP contribution in [0, 0.1) is 5.92 Å². The van der Waals surface area contributed by atoms with Crippen molar-refractivity contribution in [2.24, 2.45) is 5.92 Å². The largest absolute Gasteiger partial charge is 0.455 e. The van der Waals surface area contributed by atoms with E-state index >= 15 is 0 Å². The Labute approximate surface area is 87.3 Å². The van der Waals surface area contributed by atoms with Crippen LogP contribution in [0.25, 0.3) is 0 Å². The maximum absolute atomic E-state index is 11.6. The molecule has 0 amide bonds. The molecule has 82 valence electrons. The van der Waals surface area contributed by atoms with Crippen LogP contribution in [-0.4, -0.2) is 11.6 Å². The van der Waals surface area contributed by atoms with Crippen molar-refractivity contribution in [3.63, 3.8) is 0 Å². The average molecular weight is 198 g/mol. The van der Waals surface area contributed by atoms with E-state index in [0.29, 0.717) is 0 Å². The van der Waals surface area contributed by atoms with Gasteiger partial charge in [0.15, 0.2) is 0 Å². The number of rotatable bonds is 6. The van der Waals surface area contributed by atoms with Crippen molar-refractivity contribution in [2.75, 3.05) is 0 Å². The second kappa shape index (κ2) is 5.84. The summed E-state index contributed by atoms with van der Waals surface area (Å²) >= 11 is 0. The van der Waals surface area contributed by atoms with Crippen molar-refractivity contribution in [3.8, 4) is 0 Å². The molecular formula is C12H22O2. The molecular weight excluding hydrogens is 176 g/mol. The van der Waals surface area contributed by atoms with Gasteiger partial charge in [0.1, 0.15) is 5.60 Å². The fourth-order valence-corrected chi connectivity index (χ4v) is 1.19. The predicted molar refractivity (Wildman–Crippen MR) is 59.1 cm³/mol. The number of carbonyl (C=O) groups is 1. The van der Waals surface area contributed by atoms with Gasteiger partial charge in [-0.3, -0.25) is 4.79 Å². The fourth-order valence-electron chi connectivity index (χ4n) is 1.19. The highest BCUT2D eigenvalue weighted by Crippen LogP contribution is 2.23. The molecule has 0 radical (unpaired) electrons. The molecule has 0 aromatic heterocycles. The van der Waals surface area contributed by atoms with Crippen molar-refractivity contribution >= 4 is 5.97 Å². The Kier molecular flexibility index (Phi) is 5.51. The van der Waals surface area contributed by atoms with Gasteiger partial charge in [-0.25, -0.2) is 0 Å². The summed E-state index contributed by atoms with van der Waals surface area (Å²) in [6.07, 6.45) is 4.14. The summed E-state index contributed by atoms with van der Waals surface area (Å²) in [7, 11) is 0. The molecule has 0 spiro atoms. The number of carbonyl (C=O) groups excluding carboxylic acids is 1. The molecule has 0 rings (SSSR count). The normalized spacial score (nSPS) is 13.4. The Bertz CT molecular complexity index is 192. The smallest absolute Gasteiger partial charge is 0.309 e. The molecule has 0 saturated heterocycles. The minimum atomic E-state index is -0.458. The van der Waals surface area contributed by atoms with Crippen LogP contribution in [0.1, 0.15) is 47.0 Å². The van der Waals surface area contributed by atoms with Crippen LogP contribution in [0.15, 0.2) is 12.7 Å². The first-order valence-corrected chi connectivity index (χ1v) is 5.41. The van der Waals surface area contributed by atoms with Crippen LogP contribution < -0.4 is 0 Å². The monoisotopic (exact) mass is 198 g/mol. The van der Waals surface area contributed by atoms with Gasteiger partial charge in [0.2, 0.25) is 0 Å². The molecule has 0 aliphatic rings. The van der Waals surface area contributed by atoms with Crippen molar-refractivity contribution < 1.29 is 9.53 Å². The van der Waals surface area contributed by atoms with Crippen LogP contribution in [0.4, 0.5) is 0 Å². The van der Waals surface area contributed by atoms with Crippen LogP contribution in [-0.2, 0) is 9.53 Å². The second-order valence-corrected chi connectivity index (χ2v) is 3.71. The summed E-state index contributed by atoms with van der Waals surface area (Å²) in [6.45, 7) is 11.6. The lowest BCUT2D eigenvalue weighted by molar-refractivity contribution is -0.160. The molecule has 0 fully saturated rings. The van der Waals surface area contributed by atoms with E-state index in [9.17, 15) is 4.79 Å². The SMILES string of the molecule is C=CC(CC)(CC)OC(=O)C(C)CC. The molecule has 0 N–H and O–H groups in total. The second-order valence-electron chi connectivity index (χ2n) is 3.71. The fraction of sp³-hybridized carbons (Fsp3) is 0.750. The molecule has 0 saturated carbocycles. The van der Waals surface area contributed by atoms with Crippen LogP contribution in [0.5, 0.6) is 0 Å². The number of esters is 1.